The SMILES string of the molecule is CCOc1ccc(CNC(=NC)NC2CC3CCC(C2)N3C(=O)OC(C)(C)C)cc1C. The summed E-state index contributed by atoms with van der Waals surface area (Å²) in [5.74, 6) is 1.72. The lowest BCUT2D eigenvalue weighted by atomic mass is 9.98. The first-order valence-electron chi connectivity index (χ1n) is 11.4. The summed E-state index contributed by atoms with van der Waals surface area (Å²) in [6.45, 7) is 11.2. The fraction of sp³-hybridized carbons (Fsp3) is 0.667. The molecule has 0 radical (unpaired) electrons. The molecule has 1 amide bonds. The van der Waals surface area contributed by atoms with Crippen molar-refractivity contribution < 1.29 is 14.3 Å². The number of carbonyl (C=O) groups is 1. The number of aliphatic imine (C=N–C) groups is 1. The van der Waals surface area contributed by atoms with Crippen LogP contribution in [-0.4, -0.2) is 54.3 Å². The summed E-state index contributed by atoms with van der Waals surface area (Å²) in [5, 5.41) is 6.99. The van der Waals surface area contributed by atoms with Gasteiger partial charge >= 0.3 is 6.09 Å². The highest BCUT2D eigenvalue weighted by molar-refractivity contribution is 5.80. The number of hydrogen-bond donors (Lipinski definition) is 2. The van der Waals surface area contributed by atoms with Gasteiger partial charge in [-0.2, -0.15) is 0 Å². The molecule has 2 atom stereocenters. The number of piperidine rings is 1. The lowest BCUT2D eigenvalue weighted by molar-refractivity contribution is 0.00545. The van der Waals surface area contributed by atoms with Gasteiger partial charge < -0.3 is 25.0 Å². The van der Waals surface area contributed by atoms with Crippen LogP contribution in [0.15, 0.2) is 23.2 Å². The molecule has 2 aliphatic heterocycles. The number of aryl methyl sites for hydroxylation is 1. The standard InChI is InChI=1S/C24H38N4O3/c1-7-30-21-11-8-17(12-16(21)2)15-26-22(25-6)27-18-13-19-9-10-20(14-18)28(19)23(29)31-24(3,4)5/h8,11-12,18-20H,7,9-10,13-15H2,1-6H3,(H2,25,26,27). The maximum absolute atomic E-state index is 12.6. The quantitative estimate of drug-likeness (QED) is 0.546. The average molecular weight is 431 g/mol. The number of benzene rings is 1. The van der Waals surface area contributed by atoms with Crippen molar-refractivity contribution in [2.75, 3.05) is 13.7 Å². The molecule has 7 heteroatoms. The molecule has 0 aliphatic carbocycles. The third kappa shape index (κ3) is 6.05. The molecule has 1 aromatic rings. The molecule has 2 aliphatic rings. The summed E-state index contributed by atoms with van der Waals surface area (Å²) in [4.78, 5) is 19.0. The monoisotopic (exact) mass is 430 g/mol. The van der Waals surface area contributed by atoms with Crippen LogP contribution in [0.2, 0.25) is 0 Å². The van der Waals surface area contributed by atoms with Crippen molar-refractivity contribution in [2.45, 2.75) is 90.6 Å². The highest BCUT2D eigenvalue weighted by atomic mass is 16.6. The minimum atomic E-state index is -0.462. The van der Waals surface area contributed by atoms with E-state index in [0.29, 0.717) is 19.2 Å². The molecule has 31 heavy (non-hydrogen) atoms. The van der Waals surface area contributed by atoms with E-state index in [4.69, 9.17) is 9.47 Å². The number of guanidine groups is 1. The third-order valence-corrected chi connectivity index (χ3v) is 5.90. The second-order valence-corrected chi connectivity index (χ2v) is 9.54. The summed E-state index contributed by atoms with van der Waals surface area (Å²) in [6.07, 6.45) is 3.74. The fourth-order valence-corrected chi connectivity index (χ4v) is 4.62. The van der Waals surface area contributed by atoms with E-state index in [9.17, 15) is 4.79 Å². The molecule has 0 saturated carbocycles. The van der Waals surface area contributed by atoms with E-state index in [0.717, 1.165) is 43.0 Å². The maximum atomic E-state index is 12.6. The van der Waals surface area contributed by atoms with E-state index in [1.54, 1.807) is 7.05 Å². The van der Waals surface area contributed by atoms with Crippen LogP contribution in [0, 0.1) is 6.92 Å². The second kappa shape index (κ2) is 9.79. The third-order valence-electron chi connectivity index (χ3n) is 5.90. The van der Waals surface area contributed by atoms with Crippen molar-refractivity contribution in [1.82, 2.24) is 15.5 Å². The van der Waals surface area contributed by atoms with Crippen molar-refractivity contribution in [3.8, 4) is 5.75 Å². The van der Waals surface area contributed by atoms with Crippen LogP contribution in [0.1, 0.15) is 64.5 Å². The van der Waals surface area contributed by atoms with Gasteiger partial charge in [-0.15, -0.1) is 0 Å². The molecule has 172 valence electrons. The summed E-state index contributed by atoms with van der Waals surface area (Å²) in [7, 11) is 1.79. The van der Waals surface area contributed by atoms with E-state index in [-0.39, 0.29) is 18.2 Å². The Bertz CT molecular complexity index is 789. The zero-order valence-electron chi connectivity index (χ0n) is 19.8. The van der Waals surface area contributed by atoms with E-state index < -0.39 is 5.60 Å². The predicted octanol–water partition coefficient (Wildman–Crippen LogP) is 3.99. The fourth-order valence-electron chi connectivity index (χ4n) is 4.62. The molecule has 7 nitrogen and oxygen atoms in total. The van der Waals surface area contributed by atoms with Gasteiger partial charge in [-0.25, -0.2) is 4.79 Å². The number of nitrogens with zero attached hydrogens (tertiary/aromatic N) is 2. The zero-order valence-corrected chi connectivity index (χ0v) is 19.8. The maximum Gasteiger partial charge on any atom is 0.410 e. The predicted molar refractivity (Wildman–Crippen MR) is 124 cm³/mol. The van der Waals surface area contributed by atoms with Gasteiger partial charge in [0.25, 0.3) is 0 Å². The lowest BCUT2D eigenvalue weighted by Gasteiger charge is -2.40. The number of ether oxygens (including phenoxy) is 2. The van der Waals surface area contributed by atoms with E-state index >= 15 is 0 Å². The molecule has 2 heterocycles. The average Bonchev–Trinajstić information content (AvgIpc) is 2.97. The van der Waals surface area contributed by atoms with Gasteiger partial charge in [0, 0.05) is 31.7 Å². The largest absolute Gasteiger partial charge is 0.494 e. The van der Waals surface area contributed by atoms with Crippen LogP contribution in [0.25, 0.3) is 0 Å². The van der Waals surface area contributed by atoms with E-state index in [1.165, 1.54) is 5.56 Å². The Morgan fingerprint density at radius 1 is 1.23 bits per heavy atom. The molecule has 2 saturated heterocycles. The molecule has 2 bridgehead atoms. The molecule has 1 aromatic carbocycles. The number of hydrogen-bond acceptors (Lipinski definition) is 4. The first-order valence-corrected chi connectivity index (χ1v) is 11.4. The molecular formula is C24H38N4O3. The van der Waals surface area contributed by atoms with Crippen molar-refractivity contribution in [3.63, 3.8) is 0 Å². The van der Waals surface area contributed by atoms with Crippen LogP contribution in [-0.2, 0) is 11.3 Å². The van der Waals surface area contributed by atoms with Crippen LogP contribution >= 0.6 is 0 Å². The van der Waals surface area contributed by atoms with Gasteiger partial charge in [-0.1, -0.05) is 12.1 Å². The summed E-state index contributed by atoms with van der Waals surface area (Å²) < 4.78 is 11.3. The van der Waals surface area contributed by atoms with Crippen LogP contribution in [0.3, 0.4) is 0 Å². The van der Waals surface area contributed by atoms with Gasteiger partial charge in [0.05, 0.1) is 6.61 Å². The Hall–Kier alpha value is -2.44. The Morgan fingerprint density at radius 3 is 2.45 bits per heavy atom. The van der Waals surface area contributed by atoms with Gasteiger partial charge in [-0.05, 0) is 77.5 Å². The number of amides is 1. The van der Waals surface area contributed by atoms with Gasteiger partial charge in [-0.3, -0.25) is 4.99 Å². The minimum Gasteiger partial charge on any atom is -0.494 e. The van der Waals surface area contributed by atoms with Crippen molar-refractivity contribution in [2.24, 2.45) is 4.99 Å². The Balaban J connectivity index is 1.53. The number of nitrogens with one attached hydrogen (secondary N) is 2. The van der Waals surface area contributed by atoms with Crippen molar-refractivity contribution in [3.05, 3.63) is 29.3 Å². The van der Waals surface area contributed by atoms with Crippen LogP contribution < -0.4 is 15.4 Å². The molecule has 2 unspecified atom stereocenters. The first kappa shape index (κ1) is 23.2. The smallest absolute Gasteiger partial charge is 0.410 e. The lowest BCUT2D eigenvalue weighted by Crippen LogP contribution is -2.54. The molecular weight excluding hydrogens is 392 g/mol. The van der Waals surface area contributed by atoms with Gasteiger partial charge in [0.1, 0.15) is 11.4 Å². The van der Waals surface area contributed by atoms with Crippen LogP contribution in [0.4, 0.5) is 4.79 Å². The van der Waals surface area contributed by atoms with Crippen molar-refractivity contribution in [1.29, 1.82) is 0 Å². The zero-order chi connectivity index (χ0) is 22.6. The number of carbonyl (C=O) groups excluding carboxylic acids is 1. The molecule has 0 spiro atoms. The molecule has 3 rings (SSSR count). The normalized spacial score (nSPS) is 23.5. The molecule has 2 N–H and O–H groups in total. The Labute approximate surface area is 186 Å². The Kier molecular flexibility index (Phi) is 7.34. The second-order valence-electron chi connectivity index (χ2n) is 9.54. The van der Waals surface area contributed by atoms with Gasteiger partial charge in [0.15, 0.2) is 5.96 Å². The van der Waals surface area contributed by atoms with E-state index in [1.807, 2.05) is 38.7 Å². The Morgan fingerprint density at radius 2 is 1.90 bits per heavy atom. The summed E-state index contributed by atoms with van der Waals surface area (Å²) in [5.41, 5.74) is 1.86. The first-order chi connectivity index (χ1) is 14.7. The summed E-state index contributed by atoms with van der Waals surface area (Å²) >= 11 is 0. The topological polar surface area (TPSA) is 75.2 Å². The number of rotatable bonds is 5. The number of fused-ring (bicyclic) bond motifs is 2. The highest BCUT2D eigenvalue weighted by Gasteiger charge is 2.45. The molecule has 2 fully saturated rings. The molecule has 0 aromatic heterocycles. The van der Waals surface area contributed by atoms with Gasteiger partial charge in [0.2, 0.25) is 0 Å². The minimum absolute atomic E-state index is 0.174. The summed E-state index contributed by atoms with van der Waals surface area (Å²) in [6, 6.07) is 7.01. The van der Waals surface area contributed by atoms with E-state index in [2.05, 4.69) is 34.7 Å². The van der Waals surface area contributed by atoms with Crippen molar-refractivity contribution >= 4 is 12.1 Å². The highest BCUT2D eigenvalue weighted by Crippen LogP contribution is 2.36. The van der Waals surface area contributed by atoms with Crippen LogP contribution in [0.5, 0.6) is 5.75 Å².